The zero-order valence-electron chi connectivity index (χ0n) is 5.04. The smallest absolute Gasteiger partial charge is 0.148 e. The van der Waals surface area contributed by atoms with Crippen LogP contribution in [0.2, 0.25) is 0 Å². The number of tetrazole rings is 1. The Labute approximate surface area is 53.0 Å². The Morgan fingerprint density at radius 2 is 2.56 bits per heavy atom. The van der Waals surface area contributed by atoms with Crippen LogP contribution in [0.5, 0.6) is 0 Å². The molecule has 0 spiro atoms. The maximum atomic E-state index is 3.69. The topological polar surface area (TPSA) is 54.5 Å². The predicted molar refractivity (Wildman–Crippen MR) is 32.7 cm³/mol. The summed E-state index contributed by atoms with van der Waals surface area (Å²) in [6.45, 7) is 3.58. The minimum Gasteiger partial charge on any atom is -0.243 e. The lowest BCUT2D eigenvalue weighted by Crippen LogP contribution is -1.85. The molecule has 0 bridgehead atoms. The molecule has 0 fully saturated rings. The first kappa shape index (κ1) is 5.94. The van der Waals surface area contributed by atoms with E-state index in [2.05, 4.69) is 27.2 Å². The van der Waals surface area contributed by atoms with E-state index in [0.717, 1.165) is 18.7 Å². The molecule has 1 aromatic heterocycles. The Morgan fingerprint density at radius 3 is 3.11 bits per heavy atom. The van der Waals surface area contributed by atoms with Crippen LogP contribution < -0.4 is 0 Å². The summed E-state index contributed by atoms with van der Waals surface area (Å²) < 4.78 is 0. The van der Waals surface area contributed by atoms with Crippen molar-refractivity contribution < 1.29 is 0 Å². The molecule has 0 atom stereocenters. The lowest BCUT2D eigenvalue weighted by atomic mass is 10.3. The summed E-state index contributed by atoms with van der Waals surface area (Å²) in [6, 6.07) is 0. The van der Waals surface area contributed by atoms with Gasteiger partial charge in [-0.3, -0.25) is 0 Å². The van der Waals surface area contributed by atoms with Crippen molar-refractivity contribution in [1.29, 1.82) is 0 Å². The molecule has 1 rings (SSSR count). The van der Waals surface area contributed by atoms with E-state index in [1.54, 1.807) is 0 Å². The fourth-order valence-electron chi connectivity index (χ4n) is 0.523. The standard InChI is InChI=1S/C5H8N4/c1-2-3-4-5-6-8-9-7-5/h2H,1,3-4H2,(H,6,7,8,9). The van der Waals surface area contributed by atoms with Crippen molar-refractivity contribution in [3.8, 4) is 0 Å². The molecule has 1 N–H and O–H groups in total. The van der Waals surface area contributed by atoms with Gasteiger partial charge in [-0.1, -0.05) is 6.08 Å². The minimum absolute atomic E-state index is 0.815. The van der Waals surface area contributed by atoms with Crippen molar-refractivity contribution in [1.82, 2.24) is 20.6 Å². The maximum absolute atomic E-state index is 3.69. The molecule has 4 heteroatoms. The second-order valence-electron chi connectivity index (χ2n) is 1.68. The van der Waals surface area contributed by atoms with Gasteiger partial charge in [-0.15, -0.1) is 11.7 Å². The van der Waals surface area contributed by atoms with Gasteiger partial charge in [0, 0.05) is 6.42 Å². The first-order valence-corrected chi connectivity index (χ1v) is 2.77. The number of nitrogens with one attached hydrogen (secondary N) is 1. The van der Waals surface area contributed by atoms with Crippen molar-refractivity contribution in [3.05, 3.63) is 18.5 Å². The van der Waals surface area contributed by atoms with E-state index in [-0.39, 0.29) is 0 Å². The Hall–Kier alpha value is -1.19. The SMILES string of the molecule is C=CCCc1nnn[nH]1. The molecule has 9 heavy (non-hydrogen) atoms. The van der Waals surface area contributed by atoms with Crippen LogP contribution in [0.4, 0.5) is 0 Å². The molecular weight excluding hydrogens is 116 g/mol. The number of rotatable bonds is 3. The highest BCUT2D eigenvalue weighted by Gasteiger charge is 1.91. The monoisotopic (exact) mass is 124 g/mol. The molecule has 1 aromatic rings. The Bertz CT molecular complexity index is 167. The normalized spacial score (nSPS) is 9.33. The number of hydrogen-bond donors (Lipinski definition) is 1. The van der Waals surface area contributed by atoms with Crippen LogP contribution in [0.3, 0.4) is 0 Å². The van der Waals surface area contributed by atoms with E-state index in [1.165, 1.54) is 0 Å². The van der Waals surface area contributed by atoms with Crippen LogP contribution in [-0.4, -0.2) is 20.6 Å². The highest BCUT2D eigenvalue weighted by molar-refractivity contribution is 4.80. The summed E-state index contributed by atoms with van der Waals surface area (Å²) in [4.78, 5) is 0. The van der Waals surface area contributed by atoms with Gasteiger partial charge in [-0.25, -0.2) is 5.10 Å². The quantitative estimate of drug-likeness (QED) is 0.590. The van der Waals surface area contributed by atoms with E-state index in [0.29, 0.717) is 0 Å². The fraction of sp³-hybridized carbons (Fsp3) is 0.400. The summed E-state index contributed by atoms with van der Waals surface area (Å²) in [5, 5.41) is 13.2. The Kier molecular flexibility index (Phi) is 1.95. The molecular formula is C5H8N4. The Morgan fingerprint density at radius 1 is 1.67 bits per heavy atom. The van der Waals surface area contributed by atoms with Crippen LogP contribution in [0.25, 0.3) is 0 Å². The third kappa shape index (κ3) is 1.64. The number of hydrogen-bond acceptors (Lipinski definition) is 3. The first-order valence-electron chi connectivity index (χ1n) is 2.77. The fourth-order valence-corrected chi connectivity index (χ4v) is 0.523. The third-order valence-corrected chi connectivity index (χ3v) is 0.974. The number of nitrogens with zero attached hydrogens (tertiary/aromatic N) is 3. The molecule has 48 valence electrons. The van der Waals surface area contributed by atoms with Gasteiger partial charge >= 0.3 is 0 Å². The first-order chi connectivity index (χ1) is 4.43. The molecule has 0 aliphatic rings. The van der Waals surface area contributed by atoms with E-state index < -0.39 is 0 Å². The van der Waals surface area contributed by atoms with Crippen LogP contribution in [0, 0.1) is 0 Å². The van der Waals surface area contributed by atoms with Gasteiger partial charge in [0.15, 0.2) is 0 Å². The summed E-state index contributed by atoms with van der Waals surface area (Å²) in [5.41, 5.74) is 0. The van der Waals surface area contributed by atoms with Gasteiger partial charge in [0.05, 0.1) is 0 Å². The highest BCUT2D eigenvalue weighted by atomic mass is 15.5. The molecule has 0 aliphatic carbocycles. The van der Waals surface area contributed by atoms with Crippen LogP contribution in [0.15, 0.2) is 12.7 Å². The Balaban J connectivity index is 2.38. The molecule has 0 amide bonds. The van der Waals surface area contributed by atoms with E-state index in [9.17, 15) is 0 Å². The van der Waals surface area contributed by atoms with E-state index >= 15 is 0 Å². The molecule has 0 unspecified atom stereocenters. The van der Waals surface area contributed by atoms with Gasteiger partial charge < -0.3 is 0 Å². The second-order valence-corrected chi connectivity index (χ2v) is 1.68. The van der Waals surface area contributed by atoms with Crippen molar-refractivity contribution in [3.63, 3.8) is 0 Å². The molecule has 0 saturated heterocycles. The van der Waals surface area contributed by atoms with Crippen LogP contribution >= 0.6 is 0 Å². The van der Waals surface area contributed by atoms with Crippen molar-refractivity contribution >= 4 is 0 Å². The summed E-state index contributed by atoms with van der Waals surface area (Å²) in [7, 11) is 0. The van der Waals surface area contributed by atoms with Crippen LogP contribution in [-0.2, 0) is 6.42 Å². The number of allylic oxidation sites excluding steroid dienone is 1. The lowest BCUT2D eigenvalue weighted by Gasteiger charge is -1.84. The van der Waals surface area contributed by atoms with Gasteiger partial charge in [0.25, 0.3) is 0 Å². The molecule has 0 saturated carbocycles. The zero-order chi connectivity index (χ0) is 6.53. The zero-order valence-corrected chi connectivity index (χ0v) is 5.04. The summed E-state index contributed by atoms with van der Waals surface area (Å²) in [5.74, 6) is 0.815. The predicted octanol–water partition coefficient (Wildman–Crippen LogP) is 0.318. The molecule has 0 aliphatic heterocycles. The maximum Gasteiger partial charge on any atom is 0.148 e. The molecule has 4 nitrogen and oxygen atoms in total. The van der Waals surface area contributed by atoms with Gasteiger partial charge in [0.2, 0.25) is 0 Å². The van der Waals surface area contributed by atoms with Crippen LogP contribution in [0.1, 0.15) is 12.2 Å². The average Bonchev–Trinajstić information content (AvgIpc) is 2.34. The number of aromatic nitrogens is 4. The van der Waals surface area contributed by atoms with Gasteiger partial charge in [-0.05, 0) is 16.8 Å². The van der Waals surface area contributed by atoms with Gasteiger partial charge in [-0.2, -0.15) is 0 Å². The largest absolute Gasteiger partial charge is 0.243 e. The van der Waals surface area contributed by atoms with Gasteiger partial charge in [0.1, 0.15) is 5.82 Å². The lowest BCUT2D eigenvalue weighted by molar-refractivity contribution is 0.881. The summed E-state index contributed by atoms with van der Waals surface area (Å²) >= 11 is 0. The number of aryl methyl sites for hydroxylation is 1. The summed E-state index contributed by atoms with van der Waals surface area (Å²) in [6.07, 6.45) is 3.59. The van der Waals surface area contributed by atoms with Crippen molar-refractivity contribution in [2.24, 2.45) is 0 Å². The average molecular weight is 124 g/mol. The number of aromatic amines is 1. The third-order valence-electron chi connectivity index (χ3n) is 0.974. The number of H-pyrrole nitrogens is 1. The highest BCUT2D eigenvalue weighted by Crippen LogP contribution is 1.90. The molecule has 0 radical (unpaired) electrons. The van der Waals surface area contributed by atoms with E-state index in [1.807, 2.05) is 6.08 Å². The second kappa shape index (κ2) is 2.96. The van der Waals surface area contributed by atoms with Crippen molar-refractivity contribution in [2.45, 2.75) is 12.8 Å². The minimum atomic E-state index is 0.815. The molecule has 1 heterocycles. The van der Waals surface area contributed by atoms with Crippen molar-refractivity contribution in [2.75, 3.05) is 0 Å². The molecule has 0 aromatic carbocycles. The van der Waals surface area contributed by atoms with E-state index in [4.69, 9.17) is 0 Å².